The Labute approximate surface area is 116 Å². The molecule has 4 heteroatoms. The van der Waals surface area contributed by atoms with Crippen LogP contribution in [0.15, 0.2) is 30.3 Å². The molecule has 0 saturated heterocycles. The van der Waals surface area contributed by atoms with Crippen LogP contribution in [-0.4, -0.2) is 6.54 Å². The highest BCUT2D eigenvalue weighted by Gasteiger charge is 2.14. The maximum Gasteiger partial charge on any atom is 0.161 e. The third-order valence-electron chi connectivity index (χ3n) is 3.13. The van der Waals surface area contributed by atoms with Crippen LogP contribution in [0.3, 0.4) is 0 Å². The van der Waals surface area contributed by atoms with Crippen LogP contribution in [0.4, 0.5) is 13.2 Å². The van der Waals surface area contributed by atoms with Crippen molar-refractivity contribution in [3.63, 3.8) is 0 Å². The molecule has 106 valence electrons. The van der Waals surface area contributed by atoms with Crippen molar-refractivity contribution in [3.05, 3.63) is 58.9 Å². The predicted octanol–water partition coefficient (Wildman–Crippen LogP) is 4.19. The van der Waals surface area contributed by atoms with Crippen LogP contribution >= 0.6 is 0 Å². The minimum absolute atomic E-state index is 0.0838. The van der Waals surface area contributed by atoms with Gasteiger partial charge in [-0.25, -0.2) is 13.2 Å². The first-order chi connectivity index (χ1) is 9.52. The lowest BCUT2D eigenvalue weighted by Gasteiger charge is -2.12. The lowest BCUT2D eigenvalue weighted by molar-refractivity contribution is 0.496. The fraction of sp³-hybridized carbons (Fsp3) is 0.250. The normalized spacial score (nSPS) is 10.8. The smallest absolute Gasteiger partial charge is 0.161 e. The van der Waals surface area contributed by atoms with Crippen LogP contribution in [0.1, 0.15) is 18.1 Å². The van der Waals surface area contributed by atoms with E-state index in [0.717, 1.165) is 23.7 Å². The molecule has 0 atom stereocenters. The number of benzene rings is 2. The molecule has 0 saturated carbocycles. The predicted molar refractivity (Wildman–Crippen MR) is 73.9 cm³/mol. The molecule has 2 aromatic carbocycles. The Morgan fingerprint density at radius 2 is 1.60 bits per heavy atom. The lowest BCUT2D eigenvalue weighted by Crippen LogP contribution is -2.12. The molecule has 0 unspecified atom stereocenters. The van der Waals surface area contributed by atoms with Gasteiger partial charge in [-0.3, -0.25) is 0 Å². The Morgan fingerprint density at radius 3 is 2.30 bits per heavy atom. The highest BCUT2D eigenvalue weighted by Crippen LogP contribution is 2.29. The number of hydrogen-bond donors (Lipinski definition) is 1. The number of halogens is 3. The highest BCUT2D eigenvalue weighted by atomic mass is 19.2. The van der Waals surface area contributed by atoms with Crippen molar-refractivity contribution in [2.75, 3.05) is 6.54 Å². The molecule has 2 aromatic rings. The fourth-order valence-electron chi connectivity index (χ4n) is 2.08. The van der Waals surface area contributed by atoms with E-state index < -0.39 is 17.5 Å². The summed E-state index contributed by atoms with van der Waals surface area (Å²) in [6.45, 7) is 5.16. The van der Waals surface area contributed by atoms with E-state index >= 15 is 0 Å². The lowest BCUT2D eigenvalue weighted by atomic mass is 9.97. The van der Waals surface area contributed by atoms with Gasteiger partial charge in [0.2, 0.25) is 0 Å². The van der Waals surface area contributed by atoms with Gasteiger partial charge in [-0.15, -0.1) is 0 Å². The minimum Gasteiger partial charge on any atom is -0.313 e. The molecule has 20 heavy (non-hydrogen) atoms. The Kier molecular flexibility index (Phi) is 4.45. The van der Waals surface area contributed by atoms with Crippen molar-refractivity contribution in [3.8, 4) is 11.1 Å². The zero-order valence-electron chi connectivity index (χ0n) is 11.4. The van der Waals surface area contributed by atoms with Crippen molar-refractivity contribution in [1.82, 2.24) is 5.32 Å². The summed E-state index contributed by atoms with van der Waals surface area (Å²) in [5.74, 6) is -2.98. The second-order valence-corrected chi connectivity index (χ2v) is 4.69. The molecule has 0 amide bonds. The molecular weight excluding hydrogens is 263 g/mol. The first-order valence-electron chi connectivity index (χ1n) is 6.48. The molecule has 0 fully saturated rings. The number of aryl methyl sites for hydroxylation is 1. The van der Waals surface area contributed by atoms with Crippen molar-refractivity contribution >= 4 is 0 Å². The van der Waals surface area contributed by atoms with Crippen LogP contribution in [0, 0.1) is 24.4 Å². The molecule has 1 N–H and O–H groups in total. The molecule has 0 aliphatic heterocycles. The summed E-state index contributed by atoms with van der Waals surface area (Å²) in [5.41, 5.74) is 2.45. The van der Waals surface area contributed by atoms with E-state index in [1.54, 1.807) is 6.07 Å². The third kappa shape index (κ3) is 3.02. The average Bonchev–Trinajstić information content (AvgIpc) is 2.41. The molecule has 0 aliphatic carbocycles. The summed E-state index contributed by atoms with van der Waals surface area (Å²) in [6.07, 6.45) is 0. The molecule has 0 heterocycles. The zero-order chi connectivity index (χ0) is 14.7. The Hall–Kier alpha value is -1.81. The van der Waals surface area contributed by atoms with Gasteiger partial charge in [0.05, 0.1) is 0 Å². The monoisotopic (exact) mass is 279 g/mol. The van der Waals surface area contributed by atoms with Crippen LogP contribution in [0.25, 0.3) is 11.1 Å². The van der Waals surface area contributed by atoms with Gasteiger partial charge >= 0.3 is 0 Å². The molecule has 0 spiro atoms. The van der Waals surface area contributed by atoms with E-state index in [4.69, 9.17) is 0 Å². The van der Waals surface area contributed by atoms with E-state index in [1.165, 1.54) is 0 Å². The summed E-state index contributed by atoms with van der Waals surface area (Å²) >= 11 is 0. The van der Waals surface area contributed by atoms with Crippen LogP contribution in [0.2, 0.25) is 0 Å². The summed E-state index contributed by atoms with van der Waals surface area (Å²) in [6, 6.07) is 7.06. The zero-order valence-corrected chi connectivity index (χ0v) is 11.4. The Balaban J connectivity index is 2.55. The van der Waals surface area contributed by atoms with Gasteiger partial charge in [0.15, 0.2) is 11.6 Å². The van der Waals surface area contributed by atoms with Crippen molar-refractivity contribution < 1.29 is 13.2 Å². The second-order valence-electron chi connectivity index (χ2n) is 4.69. The molecule has 2 rings (SSSR count). The number of hydrogen-bond acceptors (Lipinski definition) is 1. The van der Waals surface area contributed by atoms with Crippen LogP contribution in [0.5, 0.6) is 0 Å². The van der Waals surface area contributed by atoms with Gasteiger partial charge in [-0.2, -0.15) is 0 Å². The summed E-state index contributed by atoms with van der Waals surface area (Å²) in [5, 5.41) is 3.15. The fourth-order valence-corrected chi connectivity index (χ4v) is 2.08. The van der Waals surface area contributed by atoms with Gasteiger partial charge < -0.3 is 5.32 Å². The molecule has 1 nitrogen and oxygen atoms in total. The van der Waals surface area contributed by atoms with Gasteiger partial charge in [0, 0.05) is 18.2 Å². The molecule has 0 aromatic heterocycles. The van der Waals surface area contributed by atoms with E-state index in [-0.39, 0.29) is 5.56 Å². The maximum atomic E-state index is 13.9. The van der Waals surface area contributed by atoms with E-state index in [2.05, 4.69) is 5.32 Å². The van der Waals surface area contributed by atoms with Crippen molar-refractivity contribution in [2.45, 2.75) is 20.4 Å². The SMILES string of the molecule is CCNCc1ccc(C)cc1-c1cc(F)c(F)cc1F. The van der Waals surface area contributed by atoms with Gasteiger partial charge in [0.25, 0.3) is 0 Å². The molecular formula is C16H16F3N. The average molecular weight is 279 g/mol. The largest absolute Gasteiger partial charge is 0.313 e. The first kappa shape index (κ1) is 14.6. The highest BCUT2D eigenvalue weighted by molar-refractivity contribution is 5.69. The third-order valence-corrected chi connectivity index (χ3v) is 3.13. The second kappa shape index (κ2) is 6.09. The molecule has 0 radical (unpaired) electrons. The standard InChI is InChI=1S/C16H16F3N/c1-3-20-9-11-5-4-10(2)6-12(11)13-7-15(18)16(19)8-14(13)17/h4-8,20H,3,9H2,1-2H3. The Bertz CT molecular complexity index is 623. The Morgan fingerprint density at radius 1 is 0.900 bits per heavy atom. The van der Waals surface area contributed by atoms with E-state index in [0.29, 0.717) is 18.2 Å². The molecule has 0 bridgehead atoms. The van der Waals surface area contributed by atoms with Gasteiger partial charge in [-0.05, 0) is 30.7 Å². The quantitative estimate of drug-likeness (QED) is 0.827. The van der Waals surface area contributed by atoms with Crippen LogP contribution < -0.4 is 5.32 Å². The minimum atomic E-state index is -1.17. The van der Waals surface area contributed by atoms with Crippen molar-refractivity contribution in [1.29, 1.82) is 0 Å². The van der Waals surface area contributed by atoms with E-state index in [1.807, 2.05) is 26.0 Å². The van der Waals surface area contributed by atoms with Gasteiger partial charge in [0.1, 0.15) is 5.82 Å². The van der Waals surface area contributed by atoms with E-state index in [9.17, 15) is 13.2 Å². The molecule has 0 aliphatic rings. The van der Waals surface area contributed by atoms with Gasteiger partial charge in [-0.1, -0.05) is 30.7 Å². The summed E-state index contributed by atoms with van der Waals surface area (Å²) in [7, 11) is 0. The summed E-state index contributed by atoms with van der Waals surface area (Å²) < 4.78 is 40.3. The maximum absolute atomic E-state index is 13.9. The number of rotatable bonds is 4. The summed E-state index contributed by atoms with van der Waals surface area (Å²) in [4.78, 5) is 0. The number of nitrogens with one attached hydrogen (secondary N) is 1. The van der Waals surface area contributed by atoms with Crippen molar-refractivity contribution in [2.24, 2.45) is 0 Å². The topological polar surface area (TPSA) is 12.0 Å². The van der Waals surface area contributed by atoms with Crippen LogP contribution in [-0.2, 0) is 6.54 Å². The first-order valence-corrected chi connectivity index (χ1v) is 6.48.